The molecule has 0 fully saturated rings. The minimum Gasteiger partial charge on any atom is -0.488 e. The highest BCUT2D eigenvalue weighted by Gasteiger charge is 2.11. The van der Waals surface area contributed by atoms with Crippen molar-refractivity contribution in [2.24, 2.45) is 12.8 Å². The Hall–Kier alpha value is -2.30. The van der Waals surface area contributed by atoms with E-state index in [0.29, 0.717) is 13.2 Å². The van der Waals surface area contributed by atoms with Crippen molar-refractivity contribution in [2.45, 2.75) is 13.2 Å². The van der Waals surface area contributed by atoms with Crippen LogP contribution in [0.15, 0.2) is 60.8 Å². The fourth-order valence-electron chi connectivity index (χ4n) is 2.40. The molecule has 2 aromatic carbocycles. The van der Waals surface area contributed by atoms with E-state index in [0.717, 1.165) is 28.1 Å². The lowest BCUT2D eigenvalue weighted by atomic mass is 10.1. The fourth-order valence-corrected chi connectivity index (χ4v) is 2.40. The van der Waals surface area contributed by atoms with Crippen molar-refractivity contribution >= 4 is 12.4 Å². The number of nitrogens with two attached hydrogens (primary N) is 1. The minimum atomic E-state index is 0. The average Bonchev–Trinajstić information content (AvgIpc) is 2.99. The highest BCUT2D eigenvalue weighted by Crippen LogP contribution is 2.31. The number of nitrogens with zero attached hydrogens (tertiary/aromatic N) is 2. The third-order valence-corrected chi connectivity index (χ3v) is 3.61. The Morgan fingerprint density at radius 2 is 1.83 bits per heavy atom. The molecule has 120 valence electrons. The molecule has 0 saturated carbocycles. The summed E-state index contributed by atoms with van der Waals surface area (Å²) in [5.41, 5.74) is 10.00. The lowest BCUT2D eigenvalue weighted by Crippen LogP contribution is -2.02. The summed E-state index contributed by atoms with van der Waals surface area (Å²) in [5.74, 6) is 0.838. The average molecular weight is 330 g/mol. The lowest BCUT2D eigenvalue weighted by molar-refractivity contribution is 0.307. The molecule has 0 saturated heterocycles. The van der Waals surface area contributed by atoms with Gasteiger partial charge in [0.25, 0.3) is 0 Å². The molecule has 0 spiro atoms. The number of hydrogen-bond donors (Lipinski definition) is 1. The molecule has 0 aliphatic rings. The van der Waals surface area contributed by atoms with E-state index in [2.05, 4.69) is 23.3 Å². The molecule has 1 heterocycles. The predicted molar refractivity (Wildman–Crippen MR) is 94.6 cm³/mol. The Balaban J connectivity index is 0.00000192. The molecule has 1 aromatic heterocycles. The summed E-state index contributed by atoms with van der Waals surface area (Å²) in [6.07, 6.45) is 1.78. The zero-order valence-corrected chi connectivity index (χ0v) is 13.8. The van der Waals surface area contributed by atoms with Gasteiger partial charge in [-0.05, 0) is 29.3 Å². The normalized spacial score (nSPS) is 10.2. The molecule has 23 heavy (non-hydrogen) atoms. The number of aromatic nitrogens is 2. The van der Waals surface area contributed by atoms with Crippen molar-refractivity contribution < 1.29 is 4.74 Å². The Kier molecular flexibility index (Phi) is 5.79. The van der Waals surface area contributed by atoms with E-state index in [1.807, 2.05) is 48.1 Å². The fraction of sp³-hybridized carbons (Fsp3) is 0.167. The maximum Gasteiger partial charge on any atom is 0.129 e. The van der Waals surface area contributed by atoms with E-state index in [9.17, 15) is 0 Å². The van der Waals surface area contributed by atoms with E-state index in [1.165, 1.54) is 0 Å². The first-order valence-corrected chi connectivity index (χ1v) is 7.26. The van der Waals surface area contributed by atoms with Crippen molar-refractivity contribution in [3.05, 3.63) is 71.9 Å². The van der Waals surface area contributed by atoms with Gasteiger partial charge in [0.15, 0.2) is 0 Å². The van der Waals surface area contributed by atoms with Crippen LogP contribution in [0.25, 0.3) is 11.3 Å². The summed E-state index contributed by atoms with van der Waals surface area (Å²) in [5, 5.41) is 4.24. The SMILES string of the molecule is Cl.Cn1nccc1-c1cc(CN)ccc1OCc1ccccc1. The first-order valence-electron chi connectivity index (χ1n) is 7.26. The lowest BCUT2D eigenvalue weighted by Gasteiger charge is -2.13. The van der Waals surface area contributed by atoms with Gasteiger partial charge in [-0.25, -0.2) is 0 Å². The van der Waals surface area contributed by atoms with Crippen molar-refractivity contribution in [2.75, 3.05) is 0 Å². The van der Waals surface area contributed by atoms with Gasteiger partial charge in [-0.1, -0.05) is 36.4 Å². The highest BCUT2D eigenvalue weighted by molar-refractivity contribution is 5.85. The van der Waals surface area contributed by atoms with Crippen molar-refractivity contribution in [3.8, 4) is 17.0 Å². The minimum absolute atomic E-state index is 0. The second-order valence-corrected chi connectivity index (χ2v) is 5.15. The molecule has 0 aliphatic heterocycles. The number of halogens is 1. The molecule has 2 N–H and O–H groups in total. The van der Waals surface area contributed by atoms with Crippen LogP contribution in [0.2, 0.25) is 0 Å². The zero-order chi connectivity index (χ0) is 15.4. The summed E-state index contributed by atoms with van der Waals surface area (Å²) >= 11 is 0. The van der Waals surface area contributed by atoms with Gasteiger partial charge in [0.1, 0.15) is 12.4 Å². The van der Waals surface area contributed by atoms with Crippen LogP contribution in [0, 0.1) is 0 Å². The van der Waals surface area contributed by atoms with E-state index in [-0.39, 0.29) is 12.4 Å². The first kappa shape index (κ1) is 17.1. The molecule has 0 radical (unpaired) electrons. The second kappa shape index (κ2) is 7.81. The van der Waals surface area contributed by atoms with E-state index in [4.69, 9.17) is 10.5 Å². The monoisotopic (exact) mass is 329 g/mol. The summed E-state index contributed by atoms with van der Waals surface area (Å²) in [4.78, 5) is 0. The summed E-state index contributed by atoms with van der Waals surface area (Å²) in [7, 11) is 1.92. The number of ether oxygens (including phenoxy) is 1. The second-order valence-electron chi connectivity index (χ2n) is 5.15. The van der Waals surface area contributed by atoms with Gasteiger partial charge in [-0.2, -0.15) is 5.10 Å². The molecule has 0 aliphatic carbocycles. The quantitative estimate of drug-likeness (QED) is 0.779. The third-order valence-electron chi connectivity index (χ3n) is 3.61. The van der Waals surface area contributed by atoms with Crippen molar-refractivity contribution in [1.29, 1.82) is 0 Å². The molecule has 5 heteroatoms. The molecular formula is C18H20ClN3O. The summed E-state index contributed by atoms with van der Waals surface area (Å²) < 4.78 is 7.86. The maximum absolute atomic E-state index is 6.02. The third kappa shape index (κ3) is 3.92. The van der Waals surface area contributed by atoms with Crippen LogP contribution < -0.4 is 10.5 Å². The van der Waals surface area contributed by atoms with Gasteiger partial charge in [0.2, 0.25) is 0 Å². The van der Waals surface area contributed by atoms with Gasteiger partial charge in [-0.3, -0.25) is 4.68 Å². The summed E-state index contributed by atoms with van der Waals surface area (Å²) in [6, 6.07) is 18.2. The number of benzene rings is 2. The largest absolute Gasteiger partial charge is 0.488 e. The molecule has 0 unspecified atom stereocenters. The van der Waals surface area contributed by atoms with Crippen LogP contribution in [-0.2, 0) is 20.2 Å². The standard InChI is InChI=1S/C18H19N3O.ClH/c1-21-17(9-10-20-21)16-11-15(12-19)7-8-18(16)22-13-14-5-3-2-4-6-14;/h2-11H,12-13,19H2,1H3;1H. The smallest absolute Gasteiger partial charge is 0.129 e. The van der Waals surface area contributed by atoms with Crippen LogP contribution in [0.3, 0.4) is 0 Å². The van der Waals surface area contributed by atoms with Gasteiger partial charge >= 0.3 is 0 Å². The Labute approximate surface area is 142 Å². The van der Waals surface area contributed by atoms with Crippen LogP contribution in [-0.4, -0.2) is 9.78 Å². The van der Waals surface area contributed by atoms with E-state index >= 15 is 0 Å². The molecule has 3 rings (SSSR count). The van der Waals surface area contributed by atoms with Crippen molar-refractivity contribution in [3.63, 3.8) is 0 Å². The number of rotatable bonds is 5. The molecule has 4 nitrogen and oxygen atoms in total. The Bertz CT molecular complexity index is 756. The molecule has 3 aromatic rings. The maximum atomic E-state index is 6.02. The van der Waals surface area contributed by atoms with E-state index in [1.54, 1.807) is 6.20 Å². The predicted octanol–water partition coefficient (Wildman–Crippen LogP) is 3.55. The molecular weight excluding hydrogens is 310 g/mol. The van der Waals surface area contributed by atoms with Crippen LogP contribution in [0.5, 0.6) is 5.75 Å². The Morgan fingerprint density at radius 1 is 1.04 bits per heavy atom. The molecule has 0 bridgehead atoms. The van der Waals surface area contributed by atoms with Gasteiger partial charge in [0, 0.05) is 25.4 Å². The van der Waals surface area contributed by atoms with Gasteiger partial charge in [-0.15, -0.1) is 12.4 Å². The highest BCUT2D eigenvalue weighted by atomic mass is 35.5. The van der Waals surface area contributed by atoms with Crippen LogP contribution >= 0.6 is 12.4 Å². The van der Waals surface area contributed by atoms with E-state index < -0.39 is 0 Å². The van der Waals surface area contributed by atoms with Gasteiger partial charge < -0.3 is 10.5 Å². The Morgan fingerprint density at radius 3 is 2.48 bits per heavy atom. The molecule has 0 atom stereocenters. The topological polar surface area (TPSA) is 53.1 Å². The summed E-state index contributed by atoms with van der Waals surface area (Å²) in [6.45, 7) is 1.04. The van der Waals surface area contributed by atoms with Crippen molar-refractivity contribution in [1.82, 2.24) is 9.78 Å². The first-order chi connectivity index (χ1) is 10.8. The number of hydrogen-bond acceptors (Lipinski definition) is 3. The molecule has 0 amide bonds. The van der Waals surface area contributed by atoms with Gasteiger partial charge in [0.05, 0.1) is 5.69 Å². The number of aryl methyl sites for hydroxylation is 1. The van der Waals surface area contributed by atoms with Crippen LogP contribution in [0.1, 0.15) is 11.1 Å². The van der Waals surface area contributed by atoms with Crippen LogP contribution in [0.4, 0.5) is 0 Å². The zero-order valence-electron chi connectivity index (χ0n) is 13.0.